The summed E-state index contributed by atoms with van der Waals surface area (Å²) in [5, 5.41) is 14.6. The van der Waals surface area contributed by atoms with Gasteiger partial charge in [-0.2, -0.15) is 4.57 Å². The summed E-state index contributed by atoms with van der Waals surface area (Å²) in [6.45, 7) is 8.08. The Morgan fingerprint density at radius 1 is 1.07 bits per heavy atom. The van der Waals surface area contributed by atoms with Crippen LogP contribution < -0.4 is 14.8 Å². The van der Waals surface area contributed by atoms with Crippen molar-refractivity contribution in [3.05, 3.63) is 71.4 Å². The number of pyridine rings is 1. The number of benzene rings is 2. The summed E-state index contributed by atoms with van der Waals surface area (Å²) in [4.78, 5) is 15.8. The summed E-state index contributed by atoms with van der Waals surface area (Å²) < 4.78 is 9.08. The zero-order chi connectivity index (χ0) is 30.9. The van der Waals surface area contributed by atoms with Gasteiger partial charge in [0, 0.05) is 43.6 Å². The molecule has 1 aromatic heterocycles. The maximum absolute atomic E-state index is 12.2. The second kappa shape index (κ2) is 15.2. The highest BCUT2D eigenvalue weighted by molar-refractivity contribution is 8.03. The number of unbranched alkanes of at least 4 members (excludes halogenated alkanes) is 1. The zero-order valence-corrected chi connectivity index (χ0v) is 27.5. The van der Waals surface area contributed by atoms with Crippen molar-refractivity contribution in [2.24, 2.45) is 0 Å². The molecule has 1 aliphatic rings. The van der Waals surface area contributed by atoms with Gasteiger partial charge in [-0.3, -0.25) is 4.79 Å². The number of nitrogens with zero attached hydrogens (tertiary/aromatic N) is 3. The fourth-order valence-electron chi connectivity index (χ4n) is 5.56. The number of aliphatic hydroxyl groups is 1. The van der Waals surface area contributed by atoms with Crippen molar-refractivity contribution in [1.82, 2.24) is 5.32 Å². The molecule has 43 heavy (non-hydrogen) atoms. The molecule has 0 atom stereocenters. The highest BCUT2D eigenvalue weighted by atomic mass is 32.2. The van der Waals surface area contributed by atoms with Crippen molar-refractivity contribution in [2.45, 2.75) is 63.0 Å². The average molecular weight is 607 g/mol. The molecule has 232 valence electrons. The fourth-order valence-corrected chi connectivity index (χ4v) is 6.67. The first-order valence-electron chi connectivity index (χ1n) is 15.6. The topological polar surface area (TPSA) is 65.7 Å². The molecule has 0 spiro atoms. The minimum atomic E-state index is -0.366. The smallest absolute Gasteiger partial charge is 0.220 e. The van der Waals surface area contributed by atoms with Crippen LogP contribution in [0.5, 0.6) is 0 Å². The van der Waals surface area contributed by atoms with E-state index in [1.54, 1.807) is 0 Å². The number of carbonyl (C=O) groups excluding carboxylic acids is 1. The number of carbonyl (C=O) groups is 1. The molecule has 0 radical (unpaired) electrons. The van der Waals surface area contributed by atoms with Crippen molar-refractivity contribution in [3.63, 3.8) is 0 Å². The molecule has 8 heteroatoms. The summed E-state index contributed by atoms with van der Waals surface area (Å²) in [5.41, 5.74) is 3.40. The number of quaternary nitrogens is 1. The molecule has 0 saturated carbocycles. The number of nitrogens with one attached hydrogen (secondary N) is 1. The molecule has 0 bridgehead atoms. The maximum atomic E-state index is 12.2. The third kappa shape index (κ3) is 9.54. The Balaban J connectivity index is 1.22. The minimum absolute atomic E-state index is 0.0824. The largest absolute Gasteiger partial charge is 0.396 e. The van der Waals surface area contributed by atoms with Gasteiger partial charge in [-0.05, 0) is 62.9 Å². The molecule has 0 saturated heterocycles. The van der Waals surface area contributed by atoms with Gasteiger partial charge in [0.05, 0.1) is 61.9 Å². The maximum Gasteiger partial charge on any atom is 0.220 e. The molecule has 1 aliphatic heterocycles. The lowest BCUT2D eigenvalue weighted by Gasteiger charge is -2.29. The molecular formula is C35H50N4O3S+2. The number of rotatable bonds is 16. The molecule has 2 N–H and O–H groups in total. The van der Waals surface area contributed by atoms with Gasteiger partial charge in [0.15, 0.2) is 12.7 Å². The van der Waals surface area contributed by atoms with E-state index < -0.39 is 0 Å². The van der Waals surface area contributed by atoms with Crippen molar-refractivity contribution < 1.29 is 23.7 Å². The van der Waals surface area contributed by atoms with Crippen LogP contribution in [-0.2, 0) is 16.1 Å². The molecular weight excluding hydrogens is 556 g/mol. The Kier molecular flexibility index (Phi) is 11.7. The SMILES string of the molecule is CN1/C(=C/c2cc[n+](CCC[N+](C)(C)CCCCC(=O)NCCOC(C)(C)CCO)c3ccccc23)Sc2ccccc21. The van der Waals surface area contributed by atoms with Gasteiger partial charge in [-0.1, -0.05) is 36.0 Å². The van der Waals surface area contributed by atoms with Crippen LogP contribution in [0, 0.1) is 0 Å². The van der Waals surface area contributed by atoms with Gasteiger partial charge in [-0.15, -0.1) is 0 Å². The number of amides is 1. The summed E-state index contributed by atoms with van der Waals surface area (Å²) in [5.74, 6) is 0.0824. The number of ether oxygens (including phenoxy) is 1. The molecule has 0 unspecified atom stereocenters. The van der Waals surface area contributed by atoms with Crippen LogP contribution in [0.4, 0.5) is 5.69 Å². The second-order valence-corrected chi connectivity index (χ2v) is 13.8. The lowest BCUT2D eigenvalue weighted by Crippen LogP contribution is -2.44. The van der Waals surface area contributed by atoms with E-state index in [2.05, 4.69) is 103 Å². The number of hydrogen-bond acceptors (Lipinski definition) is 5. The molecule has 3 aromatic rings. The summed E-state index contributed by atoms with van der Waals surface area (Å²) >= 11 is 1.83. The van der Waals surface area contributed by atoms with Crippen LogP contribution in [0.15, 0.2) is 70.7 Å². The van der Waals surface area contributed by atoms with Crippen LogP contribution in [-0.4, -0.2) is 75.1 Å². The number of fused-ring (bicyclic) bond motifs is 2. The standard InChI is InChI=1S/C35H49N4O3S/c1-35(2,19-25-40)42-26-20-36-33(41)17-10-11-23-39(4,5)24-12-21-38-22-18-28(29-13-6-7-14-30(29)38)27-34-37(3)31-15-8-9-16-32(31)43-34/h6-9,13-16,18,22,27,40H,10-12,17,19-21,23-26H2,1-5H3/q+1/p+1. The monoisotopic (exact) mass is 606 g/mol. The molecule has 4 rings (SSSR count). The van der Waals surface area contributed by atoms with E-state index in [9.17, 15) is 4.79 Å². The Hall–Kier alpha value is -2.91. The van der Waals surface area contributed by atoms with Crippen LogP contribution in [0.2, 0.25) is 0 Å². The Labute approximate surface area is 262 Å². The first-order valence-corrected chi connectivity index (χ1v) is 16.4. The lowest BCUT2D eigenvalue weighted by molar-refractivity contribution is -0.892. The van der Waals surface area contributed by atoms with Crippen LogP contribution in [0.3, 0.4) is 0 Å². The van der Waals surface area contributed by atoms with Gasteiger partial charge in [-0.25, -0.2) is 0 Å². The highest BCUT2D eigenvalue weighted by Gasteiger charge is 2.23. The fraction of sp³-hybridized carbons (Fsp3) is 0.486. The van der Waals surface area contributed by atoms with Crippen molar-refractivity contribution >= 4 is 40.3 Å². The van der Waals surface area contributed by atoms with E-state index in [-0.39, 0.29) is 18.1 Å². The number of aromatic nitrogens is 1. The normalized spacial score (nSPS) is 14.5. The van der Waals surface area contributed by atoms with E-state index in [4.69, 9.17) is 9.84 Å². The molecule has 0 aliphatic carbocycles. The molecule has 2 aromatic carbocycles. The van der Waals surface area contributed by atoms with E-state index >= 15 is 0 Å². The van der Waals surface area contributed by atoms with Gasteiger partial charge >= 0.3 is 0 Å². The van der Waals surface area contributed by atoms with Crippen LogP contribution in [0.25, 0.3) is 17.0 Å². The van der Waals surface area contributed by atoms with Gasteiger partial charge in [0.2, 0.25) is 11.4 Å². The van der Waals surface area contributed by atoms with Crippen molar-refractivity contribution in [1.29, 1.82) is 0 Å². The number of anilines is 1. The minimum Gasteiger partial charge on any atom is -0.396 e. The lowest BCUT2D eigenvalue weighted by atomic mass is 10.1. The van der Waals surface area contributed by atoms with Crippen LogP contribution in [0.1, 0.15) is 51.5 Å². The van der Waals surface area contributed by atoms with E-state index in [1.165, 1.54) is 32.1 Å². The number of aliphatic hydroxyl groups excluding tert-OH is 1. The third-order valence-electron chi connectivity index (χ3n) is 8.22. The number of hydrogen-bond donors (Lipinski definition) is 2. The van der Waals surface area contributed by atoms with Crippen molar-refractivity contribution in [3.8, 4) is 0 Å². The Morgan fingerprint density at radius 3 is 2.60 bits per heavy atom. The molecule has 7 nitrogen and oxygen atoms in total. The first-order chi connectivity index (χ1) is 20.6. The first kappa shape index (κ1) is 33.0. The Morgan fingerprint density at radius 2 is 1.81 bits per heavy atom. The number of thioether (sulfide) groups is 1. The van der Waals surface area contributed by atoms with Gasteiger partial charge in [0.25, 0.3) is 0 Å². The summed E-state index contributed by atoms with van der Waals surface area (Å²) in [6, 6.07) is 19.5. The second-order valence-electron chi connectivity index (χ2n) is 12.7. The van der Waals surface area contributed by atoms with E-state index in [0.717, 1.165) is 43.4 Å². The van der Waals surface area contributed by atoms with Gasteiger partial charge < -0.3 is 24.5 Å². The number of para-hydroxylation sites is 2. The molecule has 1 amide bonds. The van der Waals surface area contributed by atoms with Crippen molar-refractivity contribution in [2.75, 3.05) is 58.9 Å². The molecule has 0 fully saturated rings. The Bertz CT molecular complexity index is 1400. The number of aryl methyl sites for hydroxylation is 1. The summed E-state index contributed by atoms with van der Waals surface area (Å²) in [6.07, 6.45) is 8.68. The zero-order valence-electron chi connectivity index (χ0n) is 26.6. The average Bonchev–Trinajstić information content (AvgIpc) is 3.29. The highest BCUT2D eigenvalue weighted by Crippen LogP contribution is 2.45. The predicted octanol–water partition coefficient (Wildman–Crippen LogP) is 5.60. The van der Waals surface area contributed by atoms with Gasteiger partial charge in [0.1, 0.15) is 0 Å². The predicted molar refractivity (Wildman–Crippen MR) is 178 cm³/mol. The quantitative estimate of drug-likeness (QED) is 0.126. The van der Waals surface area contributed by atoms with Crippen LogP contribution >= 0.6 is 11.8 Å². The summed E-state index contributed by atoms with van der Waals surface area (Å²) in [7, 11) is 6.72. The third-order valence-corrected chi connectivity index (χ3v) is 9.39. The molecule has 2 heterocycles. The van der Waals surface area contributed by atoms with E-state index in [0.29, 0.717) is 26.0 Å². The van der Waals surface area contributed by atoms with E-state index in [1.807, 2.05) is 25.6 Å².